The van der Waals surface area contributed by atoms with Crippen LogP contribution in [-0.4, -0.2) is 40.3 Å². The molecule has 0 radical (unpaired) electrons. The van der Waals surface area contributed by atoms with Gasteiger partial charge in [0.1, 0.15) is 0 Å². The summed E-state index contributed by atoms with van der Waals surface area (Å²) in [5.74, 6) is 1.30. The lowest BCUT2D eigenvalue weighted by atomic mass is 10.0. The Morgan fingerprint density at radius 2 is 2.21 bits per heavy atom. The van der Waals surface area contributed by atoms with E-state index in [0.29, 0.717) is 18.4 Å². The highest BCUT2D eigenvalue weighted by Crippen LogP contribution is 2.21. The summed E-state index contributed by atoms with van der Waals surface area (Å²) in [6.07, 6.45) is 6.18. The van der Waals surface area contributed by atoms with Crippen LogP contribution in [-0.2, 0) is 0 Å². The number of nitrogens with zero attached hydrogens (tertiary/aromatic N) is 4. The van der Waals surface area contributed by atoms with Gasteiger partial charge in [-0.1, -0.05) is 30.7 Å². The highest BCUT2D eigenvalue weighted by molar-refractivity contribution is 6.30. The Morgan fingerprint density at radius 3 is 2.88 bits per heavy atom. The predicted octanol–water partition coefficient (Wildman–Crippen LogP) is 3.17. The molecule has 0 aliphatic carbocycles. The first-order valence-corrected chi connectivity index (χ1v) is 8.80. The molecule has 1 fully saturated rings. The van der Waals surface area contributed by atoms with E-state index in [0.717, 1.165) is 23.7 Å². The van der Waals surface area contributed by atoms with Crippen LogP contribution >= 0.6 is 11.6 Å². The van der Waals surface area contributed by atoms with E-state index in [1.54, 1.807) is 6.20 Å². The summed E-state index contributed by atoms with van der Waals surface area (Å²) >= 11 is 6.01. The Bertz CT molecular complexity index is 665. The zero-order valence-corrected chi connectivity index (χ0v) is 14.7. The molecule has 1 aliphatic heterocycles. The molecule has 0 bridgehead atoms. The summed E-state index contributed by atoms with van der Waals surface area (Å²) in [4.78, 5) is 6.85. The number of benzene rings is 1. The minimum atomic E-state index is 0.0121. The summed E-state index contributed by atoms with van der Waals surface area (Å²) < 4.78 is 1.92. The van der Waals surface area contributed by atoms with Crippen molar-refractivity contribution in [3.63, 3.8) is 0 Å². The van der Waals surface area contributed by atoms with Crippen molar-refractivity contribution in [2.75, 3.05) is 19.6 Å². The van der Waals surface area contributed by atoms with Gasteiger partial charge in [-0.25, -0.2) is 0 Å². The topological polar surface area (TPSA) is 59.4 Å². The summed E-state index contributed by atoms with van der Waals surface area (Å²) in [6.45, 7) is 4.80. The Hall–Kier alpha value is -2.01. The predicted molar refractivity (Wildman–Crippen MR) is 98.3 cm³/mol. The maximum Gasteiger partial charge on any atom is 0.191 e. The molecule has 2 atom stereocenters. The molecule has 6 heteroatoms. The monoisotopic (exact) mass is 345 g/mol. The van der Waals surface area contributed by atoms with E-state index in [2.05, 4.69) is 21.9 Å². The lowest BCUT2D eigenvalue weighted by molar-refractivity contribution is 0.270. The van der Waals surface area contributed by atoms with Crippen LogP contribution < -0.4 is 5.73 Å². The van der Waals surface area contributed by atoms with Crippen LogP contribution in [0.1, 0.15) is 31.4 Å². The van der Waals surface area contributed by atoms with Gasteiger partial charge in [-0.05, 0) is 42.5 Å². The molecule has 2 heterocycles. The van der Waals surface area contributed by atoms with Crippen LogP contribution in [0.4, 0.5) is 0 Å². The standard InChI is InChI=1S/C18H24ClN5/c1-14-4-2-10-23(13-14)18(20)21-12-17(24-11-3-9-22-24)15-5-7-16(19)8-6-15/h3,5-9,11,14,17H,2,4,10,12-13H2,1H3,(H2,20,21). The first-order valence-electron chi connectivity index (χ1n) is 8.43. The molecule has 1 aromatic heterocycles. The third-order valence-corrected chi connectivity index (χ3v) is 4.76. The number of aromatic nitrogens is 2. The third kappa shape index (κ3) is 4.09. The highest BCUT2D eigenvalue weighted by Gasteiger charge is 2.19. The van der Waals surface area contributed by atoms with Crippen molar-refractivity contribution >= 4 is 17.6 Å². The molecule has 1 saturated heterocycles. The fourth-order valence-corrected chi connectivity index (χ4v) is 3.30. The zero-order valence-electron chi connectivity index (χ0n) is 14.0. The number of aliphatic imine (C=N–C) groups is 1. The normalized spacial score (nSPS) is 20.2. The molecule has 0 spiro atoms. The fraction of sp³-hybridized carbons (Fsp3) is 0.444. The number of guanidine groups is 1. The van der Waals surface area contributed by atoms with E-state index in [1.165, 1.54) is 12.8 Å². The molecule has 2 aromatic rings. The SMILES string of the molecule is CC1CCCN(C(N)=NCC(c2ccc(Cl)cc2)n2cccn2)C1. The Kier molecular flexibility index (Phi) is 5.41. The van der Waals surface area contributed by atoms with Gasteiger partial charge in [0.25, 0.3) is 0 Å². The average molecular weight is 346 g/mol. The molecule has 5 nitrogen and oxygen atoms in total. The molecule has 2 unspecified atom stereocenters. The lowest BCUT2D eigenvalue weighted by Gasteiger charge is -2.31. The van der Waals surface area contributed by atoms with Gasteiger partial charge >= 0.3 is 0 Å². The van der Waals surface area contributed by atoms with Gasteiger partial charge < -0.3 is 10.6 Å². The van der Waals surface area contributed by atoms with Gasteiger partial charge in [0.05, 0.1) is 12.6 Å². The number of hydrogen-bond donors (Lipinski definition) is 1. The molecule has 128 valence electrons. The molecule has 0 saturated carbocycles. The zero-order chi connectivity index (χ0) is 16.9. The Morgan fingerprint density at radius 1 is 1.42 bits per heavy atom. The minimum absolute atomic E-state index is 0.0121. The largest absolute Gasteiger partial charge is 0.370 e. The Labute approximate surface area is 148 Å². The first-order chi connectivity index (χ1) is 11.6. The van der Waals surface area contributed by atoms with Crippen LogP contribution in [0.2, 0.25) is 5.02 Å². The Balaban J connectivity index is 1.77. The van der Waals surface area contributed by atoms with Gasteiger partial charge in [-0.3, -0.25) is 9.67 Å². The number of piperidine rings is 1. The second kappa shape index (κ2) is 7.71. The second-order valence-electron chi connectivity index (χ2n) is 6.45. The van der Waals surface area contributed by atoms with Crippen molar-refractivity contribution < 1.29 is 0 Å². The van der Waals surface area contributed by atoms with Crippen LogP contribution in [0.3, 0.4) is 0 Å². The van der Waals surface area contributed by atoms with E-state index < -0.39 is 0 Å². The quantitative estimate of drug-likeness (QED) is 0.684. The molecular weight excluding hydrogens is 322 g/mol. The van der Waals surface area contributed by atoms with Gasteiger partial charge in [0.15, 0.2) is 5.96 Å². The average Bonchev–Trinajstić information content (AvgIpc) is 3.11. The van der Waals surface area contributed by atoms with Crippen LogP contribution in [0, 0.1) is 5.92 Å². The third-order valence-electron chi connectivity index (χ3n) is 4.51. The molecule has 0 amide bonds. The van der Waals surface area contributed by atoms with Crippen molar-refractivity contribution in [1.82, 2.24) is 14.7 Å². The smallest absolute Gasteiger partial charge is 0.191 e. The number of likely N-dealkylation sites (tertiary alicyclic amines) is 1. The van der Waals surface area contributed by atoms with Crippen molar-refractivity contribution in [2.24, 2.45) is 16.6 Å². The number of rotatable bonds is 4. The molecule has 2 N–H and O–H groups in total. The summed E-state index contributed by atoms with van der Waals surface area (Å²) in [5.41, 5.74) is 7.36. The maximum absolute atomic E-state index is 6.24. The van der Waals surface area contributed by atoms with Gasteiger partial charge in [0.2, 0.25) is 0 Å². The van der Waals surface area contributed by atoms with E-state index in [4.69, 9.17) is 17.3 Å². The van der Waals surface area contributed by atoms with E-state index in [9.17, 15) is 0 Å². The number of hydrogen-bond acceptors (Lipinski definition) is 2. The van der Waals surface area contributed by atoms with Gasteiger partial charge in [-0.2, -0.15) is 5.10 Å². The van der Waals surface area contributed by atoms with Gasteiger partial charge in [0, 0.05) is 30.5 Å². The van der Waals surface area contributed by atoms with Crippen molar-refractivity contribution in [1.29, 1.82) is 0 Å². The van der Waals surface area contributed by atoms with Crippen molar-refractivity contribution in [3.8, 4) is 0 Å². The van der Waals surface area contributed by atoms with Gasteiger partial charge in [-0.15, -0.1) is 0 Å². The van der Waals surface area contributed by atoms with E-state index >= 15 is 0 Å². The second-order valence-corrected chi connectivity index (χ2v) is 6.88. The number of nitrogens with two attached hydrogens (primary N) is 1. The molecule has 3 rings (SSSR count). The lowest BCUT2D eigenvalue weighted by Crippen LogP contribution is -2.43. The van der Waals surface area contributed by atoms with Crippen LogP contribution in [0.5, 0.6) is 0 Å². The molecular formula is C18H24ClN5. The fourth-order valence-electron chi connectivity index (χ4n) is 3.17. The maximum atomic E-state index is 6.24. The molecule has 1 aromatic carbocycles. The summed E-state index contributed by atoms with van der Waals surface area (Å²) in [7, 11) is 0. The van der Waals surface area contributed by atoms with E-state index in [-0.39, 0.29) is 6.04 Å². The first kappa shape index (κ1) is 16.8. The highest BCUT2D eigenvalue weighted by atomic mass is 35.5. The van der Waals surface area contributed by atoms with Crippen LogP contribution in [0.25, 0.3) is 0 Å². The summed E-state index contributed by atoms with van der Waals surface area (Å²) in [5, 5.41) is 5.10. The van der Waals surface area contributed by atoms with Crippen LogP contribution in [0.15, 0.2) is 47.7 Å². The summed E-state index contributed by atoms with van der Waals surface area (Å²) in [6, 6.07) is 9.76. The van der Waals surface area contributed by atoms with Crippen molar-refractivity contribution in [3.05, 3.63) is 53.3 Å². The molecule has 1 aliphatic rings. The van der Waals surface area contributed by atoms with Crippen molar-refractivity contribution in [2.45, 2.75) is 25.8 Å². The molecule has 24 heavy (non-hydrogen) atoms. The van der Waals surface area contributed by atoms with E-state index in [1.807, 2.05) is 41.2 Å². The number of halogens is 1. The minimum Gasteiger partial charge on any atom is -0.370 e.